The van der Waals surface area contributed by atoms with E-state index in [1.54, 1.807) is 11.3 Å². The summed E-state index contributed by atoms with van der Waals surface area (Å²) in [4.78, 5) is 10.5. The highest BCUT2D eigenvalue weighted by atomic mass is 32.1. The topological polar surface area (TPSA) is 81.1 Å². The van der Waals surface area contributed by atoms with Crippen LogP contribution in [0.25, 0.3) is 0 Å². The average molecular weight is 185 g/mol. The summed E-state index contributed by atoms with van der Waals surface area (Å²) < 4.78 is 0. The molecule has 1 atom stereocenters. The highest BCUT2D eigenvalue weighted by Crippen LogP contribution is 2.10. The van der Waals surface area contributed by atoms with E-state index in [2.05, 4.69) is 5.32 Å². The highest BCUT2D eigenvalue weighted by molar-refractivity contribution is 7.08. The number of rotatable bonds is 4. The van der Waals surface area contributed by atoms with E-state index < -0.39 is 11.9 Å². The molecule has 12 heavy (non-hydrogen) atoms. The molecule has 1 aromatic heterocycles. The van der Waals surface area contributed by atoms with Crippen molar-refractivity contribution in [3.05, 3.63) is 16.8 Å². The Labute approximate surface area is 74.6 Å². The van der Waals surface area contributed by atoms with Crippen LogP contribution in [-0.4, -0.2) is 18.5 Å². The first-order chi connectivity index (χ1) is 5.70. The molecular formula is C7H11N3OS. The lowest BCUT2D eigenvalue weighted by atomic mass is 10.3. The number of nitrogens with one attached hydrogen (secondary N) is 1. The normalized spacial score (nSPS) is 12.4. The fourth-order valence-electron chi connectivity index (χ4n) is 0.693. The van der Waals surface area contributed by atoms with Gasteiger partial charge in [-0.05, 0) is 11.4 Å². The molecule has 0 spiro atoms. The first-order valence-corrected chi connectivity index (χ1v) is 4.45. The fourth-order valence-corrected chi connectivity index (χ4v) is 1.31. The van der Waals surface area contributed by atoms with Crippen LogP contribution in [0.5, 0.6) is 0 Å². The number of amides is 1. The van der Waals surface area contributed by atoms with Gasteiger partial charge in [-0.25, -0.2) is 0 Å². The molecule has 0 aromatic carbocycles. The smallest absolute Gasteiger partial charge is 0.236 e. The van der Waals surface area contributed by atoms with Crippen molar-refractivity contribution in [3.63, 3.8) is 0 Å². The predicted molar refractivity (Wildman–Crippen MR) is 50.0 cm³/mol. The standard InChI is InChI=1S/C7H11N3OS/c8-6(7(9)11)3-10-5-1-2-12-4-5/h1-2,4,6,10H,3,8H2,(H2,9,11). The van der Waals surface area contributed by atoms with Gasteiger partial charge in [0.05, 0.1) is 0 Å². The molecule has 0 aliphatic heterocycles. The molecule has 1 heterocycles. The summed E-state index contributed by atoms with van der Waals surface area (Å²) >= 11 is 1.58. The molecule has 0 aliphatic rings. The largest absolute Gasteiger partial charge is 0.382 e. The van der Waals surface area contributed by atoms with Crippen molar-refractivity contribution in [1.29, 1.82) is 0 Å². The van der Waals surface area contributed by atoms with Crippen LogP contribution in [0, 0.1) is 0 Å². The summed E-state index contributed by atoms with van der Waals surface area (Å²) in [5.41, 5.74) is 11.3. The van der Waals surface area contributed by atoms with Crippen molar-refractivity contribution in [2.75, 3.05) is 11.9 Å². The van der Waals surface area contributed by atoms with Crippen molar-refractivity contribution in [2.45, 2.75) is 6.04 Å². The van der Waals surface area contributed by atoms with Gasteiger partial charge in [0.2, 0.25) is 5.91 Å². The lowest BCUT2D eigenvalue weighted by Crippen LogP contribution is -2.41. The molecule has 5 heteroatoms. The summed E-state index contributed by atoms with van der Waals surface area (Å²) in [5, 5.41) is 6.87. The Morgan fingerprint density at radius 2 is 2.50 bits per heavy atom. The minimum Gasteiger partial charge on any atom is -0.382 e. The zero-order valence-corrected chi connectivity index (χ0v) is 7.30. The monoisotopic (exact) mass is 185 g/mol. The van der Waals surface area contributed by atoms with Gasteiger partial charge in [0.25, 0.3) is 0 Å². The molecule has 0 saturated heterocycles. The van der Waals surface area contributed by atoms with Crippen molar-refractivity contribution < 1.29 is 4.79 Å². The SMILES string of the molecule is NC(=O)C(N)CNc1ccsc1. The maximum absolute atomic E-state index is 10.5. The number of primary amides is 1. The summed E-state index contributed by atoms with van der Waals surface area (Å²) in [7, 11) is 0. The van der Waals surface area contributed by atoms with Crippen LogP contribution < -0.4 is 16.8 Å². The van der Waals surface area contributed by atoms with Gasteiger partial charge >= 0.3 is 0 Å². The Balaban J connectivity index is 2.31. The van der Waals surface area contributed by atoms with Gasteiger partial charge in [-0.2, -0.15) is 11.3 Å². The molecule has 1 rings (SSSR count). The van der Waals surface area contributed by atoms with Gasteiger partial charge in [0, 0.05) is 17.6 Å². The predicted octanol–water partition coefficient (Wildman–Crippen LogP) is -0.0274. The van der Waals surface area contributed by atoms with Crippen LogP contribution in [0.2, 0.25) is 0 Å². The first-order valence-electron chi connectivity index (χ1n) is 3.51. The Morgan fingerprint density at radius 1 is 1.75 bits per heavy atom. The summed E-state index contributed by atoms with van der Waals surface area (Å²) in [6, 6.07) is 1.29. The molecule has 0 bridgehead atoms. The molecule has 4 nitrogen and oxygen atoms in total. The second-order valence-corrected chi connectivity index (χ2v) is 3.18. The minimum absolute atomic E-state index is 0.381. The molecule has 0 aliphatic carbocycles. The zero-order chi connectivity index (χ0) is 8.97. The molecule has 0 saturated carbocycles. The Kier molecular flexibility index (Phi) is 3.07. The van der Waals surface area contributed by atoms with Gasteiger partial charge in [0.1, 0.15) is 6.04 Å². The van der Waals surface area contributed by atoms with Crippen LogP contribution in [0.15, 0.2) is 16.8 Å². The number of thiophene rings is 1. The van der Waals surface area contributed by atoms with Crippen LogP contribution in [0.1, 0.15) is 0 Å². The van der Waals surface area contributed by atoms with E-state index >= 15 is 0 Å². The number of nitrogens with two attached hydrogens (primary N) is 2. The number of carbonyl (C=O) groups excluding carboxylic acids is 1. The molecule has 1 unspecified atom stereocenters. The second kappa shape index (κ2) is 4.08. The maximum atomic E-state index is 10.5. The van der Waals surface area contributed by atoms with Crippen molar-refractivity contribution in [2.24, 2.45) is 11.5 Å². The Bertz CT molecular complexity index is 247. The highest BCUT2D eigenvalue weighted by Gasteiger charge is 2.07. The van der Waals surface area contributed by atoms with Gasteiger partial charge < -0.3 is 16.8 Å². The van der Waals surface area contributed by atoms with Gasteiger partial charge in [0.15, 0.2) is 0 Å². The van der Waals surface area contributed by atoms with E-state index in [0.29, 0.717) is 6.54 Å². The molecule has 1 amide bonds. The number of anilines is 1. The maximum Gasteiger partial charge on any atom is 0.236 e. The number of carbonyl (C=O) groups is 1. The molecule has 66 valence electrons. The summed E-state index contributed by atoms with van der Waals surface area (Å²) in [6.45, 7) is 0.381. The molecule has 0 fully saturated rings. The lowest BCUT2D eigenvalue weighted by molar-refractivity contribution is -0.118. The average Bonchev–Trinajstić information content (AvgIpc) is 2.51. The Morgan fingerprint density at radius 3 is 3.00 bits per heavy atom. The van der Waals surface area contributed by atoms with Crippen LogP contribution >= 0.6 is 11.3 Å². The molecule has 1 aromatic rings. The van der Waals surface area contributed by atoms with E-state index in [0.717, 1.165) is 5.69 Å². The van der Waals surface area contributed by atoms with Crippen molar-refractivity contribution in [1.82, 2.24) is 0 Å². The third-order valence-electron chi connectivity index (χ3n) is 1.41. The van der Waals surface area contributed by atoms with E-state index in [1.807, 2.05) is 16.8 Å². The van der Waals surface area contributed by atoms with Crippen LogP contribution in [0.3, 0.4) is 0 Å². The van der Waals surface area contributed by atoms with Crippen LogP contribution in [0.4, 0.5) is 5.69 Å². The van der Waals surface area contributed by atoms with Crippen LogP contribution in [-0.2, 0) is 4.79 Å². The van der Waals surface area contributed by atoms with Gasteiger partial charge in [-0.3, -0.25) is 4.79 Å². The third kappa shape index (κ3) is 2.52. The van der Waals surface area contributed by atoms with E-state index in [-0.39, 0.29) is 0 Å². The quantitative estimate of drug-likeness (QED) is 0.616. The second-order valence-electron chi connectivity index (χ2n) is 2.40. The number of hydrogen-bond donors (Lipinski definition) is 3. The van der Waals surface area contributed by atoms with Crippen molar-refractivity contribution in [3.8, 4) is 0 Å². The number of hydrogen-bond acceptors (Lipinski definition) is 4. The summed E-state index contributed by atoms with van der Waals surface area (Å²) in [6.07, 6.45) is 0. The summed E-state index contributed by atoms with van der Waals surface area (Å²) in [5.74, 6) is -0.488. The lowest BCUT2D eigenvalue weighted by Gasteiger charge is -2.07. The Hall–Kier alpha value is -1.07. The van der Waals surface area contributed by atoms with E-state index in [4.69, 9.17) is 11.5 Å². The third-order valence-corrected chi connectivity index (χ3v) is 2.10. The van der Waals surface area contributed by atoms with Gasteiger partial charge in [-0.1, -0.05) is 0 Å². The molecule has 0 radical (unpaired) electrons. The molecular weight excluding hydrogens is 174 g/mol. The minimum atomic E-state index is -0.620. The zero-order valence-electron chi connectivity index (χ0n) is 6.49. The first kappa shape index (κ1) is 9.02. The van der Waals surface area contributed by atoms with E-state index in [1.165, 1.54) is 0 Å². The molecule has 5 N–H and O–H groups in total. The fraction of sp³-hybridized carbons (Fsp3) is 0.286. The van der Waals surface area contributed by atoms with E-state index in [9.17, 15) is 4.79 Å². The van der Waals surface area contributed by atoms with Crippen molar-refractivity contribution >= 4 is 22.9 Å². The van der Waals surface area contributed by atoms with Gasteiger partial charge in [-0.15, -0.1) is 0 Å².